The Kier molecular flexibility index (Phi) is 5.05. The monoisotopic (exact) mass is 253 g/mol. The van der Waals surface area contributed by atoms with Crippen LogP contribution in [0.5, 0.6) is 0 Å². The molecule has 1 saturated heterocycles. The molecular formula is C15H31N3. The largest absolute Gasteiger partial charge is 0.313 e. The highest BCUT2D eigenvalue weighted by Gasteiger charge is 2.38. The maximum absolute atomic E-state index is 3.63. The fraction of sp³-hybridized carbons (Fsp3) is 1.00. The summed E-state index contributed by atoms with van der Waals surface area (Å²) in [5.74, 6) is 0. The number of nitrogens with zero attached hydrogens (tertiary/aromatic N) is 2. The Balaban J connectivity index is 1.90. The van der Waals surface area contributed by atoms with Crippen LogP contribution in [0.2, 0.25) is 0 Å². The molecule has 1 N–H and O–H groups in total. The fourth-order valence-electron chi connectivity index (χ4n) is 3.85. The fourth-order valence-corrected chi connectivity index (χ4v) is 3.85. The van der Waals surface area contributed by atoms with E-state index in [1.165, 1.54) is 58.2 Å². The van der Waals surface area contributed by atoms with E-state index in [-0.39, 0.29) is 0 Å². The summed E-state index contributed by atoms with van der Waals surface area (Å²) in [7, 11) is 4.55. The van der Waals surface area contributed by atoms with Gasteiger partial charge < -0.3 is 10.2 Å². The Morgan fingerprint density at radius 1 is 1.22 bits per heavy atom. The van der Waals surface area contributed by atoms with E-state index < -0.39 is 0 Å². The van der Waals surface area contributed by atoms with Gasteiger partial charge in [0.15, 0.2) is 0 Å². The lowest BCUT2D eigenvalue weighted by Crippen LogP contribution is -2.55. The number of nitrogens with one attached hydrogen (secondary N) is 1. The zero-order valence-corrected chi connectivity index (χ0v) is 12.5. The topological polar surface area (TPSA) is 18.5 Å². The van der Waals surface area contributed by atoms with Gasteiger partial charge in [0.05, 0.1) is 0 Å². The van der Waals surface area contributed by atoms with Crippen LogP contribution < -0.4 is 5.32 Å². The number of hydrogen-bond donors (Lipinski definition) is 1. The lowest BCUT2D eigenvalue weighted by Gasteiger charge is -2.43. The molecule has 0 spiro atoms. The second kappa shape index (κ2) is 6.36. The molecule has 0 radical (unpaired) electrons. The normalized spacial score (nSPS) is 29.0. The van der Waals surface area contributed by atoms with E-state index in [2.05, 4.69) is 36.1 Å². The maximum atomic E-state index is 3.63. The molecule has 0 aromatic heterocycles. The summed E-state index contributed by atoms with van der Waals surface area (Å²) in [5, 5.41) is 3.63. The zero-order valence-electron chi connectivity index (χ0n) is 12.5. The third-order valence-electron chi connectivity index (χ3n) is 5.00. The van der Waals surface area contributed by atoms with Gasteiger partial charge >= 0.3 is 0 Å². The van der Waals surface area contributed by atoms with E-state index in [4.69, 9.17) is 0 Å². The molecule has 2 aliphatic rings. The Morgan fingerprint density at radius 3 is 2.56 bits per heavy atom. The molecule has 1 heterocycles. The van der Waals surface area contributed by atoms with E-state index in [1.807, 2.05) is 0 Å². The van der Waals surface area contributed by atoms with Gasteiger partial charge in [-0.05, 0) is 52.9 Å². The van der Waals surface area contributed by atoms with E-state index in [1.54, 1.807) is 0 Å². The van der Waals surface area contributed by atoms with Crippen molar-refractivity contribution in [3.63, 3.8) is 0 Å². The van der Waals surface area contributed by atoms with Gasteiger partial charge in [-0.15, -0.1) is 0 Å². The number of likely N-dealkylation sites (N-methyl/N-ethyl adjacent to an activating group) is 2. The summed E-state index contributed by atoms with van der Waals surface area (Å²) < 4.78 is 0. The molecular weight excluding hydrogens is 222 g/mol. The molecule has 18 heavy (non-hydrogen) atoms. The third kappa shape index (κ3) is 3.25. The Morgan fingerprint density at radius 2 is 1.94 bits per heavy atom. The molecule has 0 aromatic carbocycles. The molecule has 1 saturated carbocycles. The molecule has 2 rings (SSSR count). The summed E-state index contributed by atoms with van der Waals surface area (Å²) in [6, 6.07) is 0.726. The summed E-state index contributed by atoms with van der Waals surface area (Å²) in [6.45, 7) is 7.16. The molecule has 0 aromatic rings. The second-order valence-corrected chi connectivity index (χ2v) is 6.46. The van der Waals surface area contributed by atoms with Crippen LogP contribution in [-0.2, 0) is 0 Å². The van der Waals surface area contributed by atoms with Crippen molar-refractivity contribution in [2.24, 2.45) is 0 Å². The SMILES string of the molecule is CCNC1CCCN(CC2(N(C)C)CCCC2)C1. The first-order chi connectivity index (χ1) is 8.66. The molecule has 3 heteroatoms. The standard InChI is InChI=1S/C15H31N3/c1-4-16-14-8-7-11-18(12-14)13-15(17(2)3)9-5-6-10-15/h14,16H,4-13H2,1-3H3. The highest BCUT2D eigenvalue weighted by Crippen LogP contribution is 2.35. The minimum atomic E-state index is 0.466. The summed E-state index contributed by atoms with van der Waals surface area (Å²) in [5.41, 5.74) is 0.466. The summed E-state index contributed by atoms with van der Waals surface area (Å²) in [6.07, 6.45) is 8.34. The van der Waals surface area contributed by atoms with Crippen molar-refractivity contribution in [1.29, 1.82) is 0 Å². The van der Waals surface area contributed by atoms with Crippen molar-refractivity contribution in [3.05, 3.63) is 0 Å². The van der Waals surface area contributed by atoms with Crippen molar-refractivity contribution in [3.8, 4) is 0 Å². The quantitative estimate of drug-likeness (QED) is 0.808. The van der Waals surface area contributed by atoms with Gasteiger partial charge in [-0.25, -0.2) is 0 Å². The molecule has 0 amide bonds. The number of likely N-dealkylation sites (tertiary alicyclic amines) is 1. The van der Waals surface area contributed by atoms with Crippen molar-refractivity contribution < 1.29 is 0 Å². The third-order valence-corrected chi connectivity index (χ3v) is 5.00. The predicted molar refractivity (Wildman–Crippen MR) is 78.0 cm³/mol. The second-order valence-electron chi connectivity index (χ2n) is 6.46. The van der Waals surface area contributed by atoms with Crippen molar-refractivity contribution >= 4 is 0 Å². The van der Waals surface area contributed by atoms with Gasteiger partial charge in [0, 0.05) is 24.7 Å². The highest BCUT2D eigenvalue weighted by molar-refractivity contribution is 4.96. The Bertz CT molecular complexity index is 244. The summed E-state index contributed by atoms with van der Waals surface area (Å²) >= 11 is 0. The van der Waals surface area contributed by atoms with Crippen LogP contribution in [0.3, 0.4) is 0 Å². The minimum absolute atomic E-state index is 0.466. The first kappa shape index (κ1) is 14.3. The van der Waals surface area contributed by atoms with Gasteiger partial charge in [0.1, 0.15) is 0 Å². The van der Waals surface area contributed by atoms with E-state index in [0.717, 1.165) is 12.6 Å². The first-order valence-corrected chi connectivity index (χ1v) is 7.79. The first-order valence-electron chi connectivity index (χ1n) is 7.79. The van der Waals surface area contributed by atoms with Crippen LogP contribution in [-0.4, -0.2) is 61.7 Å². The van der Waals surface area contributed by atoms with Crippen molar-refractivity contribution in [2.75, 3.05) is 40.3 Å². The van der Waals surface area contributed by atoms with E-state index >= 15 is 0 Å². The lowest BCUT2D eigenvalue weighted by molar-refractivity contribution is 0.0740. The predicted octanol–water partition coefficient (Wildman–Crippen LogP) is 1.93. The number of piperidine rings is 1. The molecule has 1 aliphatic carbocycles. The van der Waals surface area contributed by atoms with Crippen molar-refractivity contribution in [1.82, 2.24) is 15.1 Å². The molecule has 3 nitrogen and oxygen atoms in total. The van der Waals surface area contributed by atoms with Crippen molar-refractivity contribution in [2.45, 2.75) is 57.0 Å². The van der Waals surface area contributed by atoms with E-state index in [0.29, 0.717) is 5.54 Å². The zero-order chi connectivity index (χ0) is 13.0. The van der Waals surface area contributed by atoms with Crippen LogP contribution in [0.4, 0.5) is 0 Å². The molecule has 1 aliphatic heterocycles. The van der Waals surface area contributed by atoms with Crippen LogP contribution in [0, 0.1) is 0 Å². The molecule has 1 unspecified atom stereocenters. The van der Waals surface area contributed by atoms with Gasteiger partial charge in [-0.3, -0.25) is 4.90 Å². The average molecular weight is 253 g/mol. The van der Waals surface area contributed by atoms with Crippen LogP contribution in [0.25, 0.3) is 0 Å². The van der Waals surface area contributed by atoms with Crippen LogP contribution in [0.1, 0.15) is 45.4 Å². The van der Waals surface area contributed by atoms with Gasteiger partial charge in [0.2, 0.25) is 0 Å². The maximum Gasteiger partial charge on any atom is 0.0330 e. The highest BCUT2D eigenvalue weighted by atomic mass is 15.2. The van der Waals surface area contributed by atoms with E-state index in [9.17, 15) is 0 Å². The summed E-state index contributed by atoms with van der Waals surface area (Å²) in [4.78, 5) is 5.21. The lowest BCUT2D eigenvalue weighted by atomic mass is 9.93. The average Bonchev–Trinajstić information content (AvgIpc) is 2.80. The molecule has 0 bridgehead atoms. The smallest absolute Gasteiger partial charge is 0.0330 e. The molecule has 2 fully saturated rings. The van der Waals surface area contributed by atoms with Crippen LogP contribution in [0.15, 0.2) is 0 Å². The molecule has 106 valence electrons. The van der Waals surface area contributed by atoms with Gasteiger partial charge in [-0.1, -0.05) is 19.8 Å². The number of hydrogen-bond acceptors (Lipinski definition) is 3. The van der Waals surface area contributed by atoms with Gasteiger partial charge in [0.25, 0.3) is 0 Å². The number of rotatable bonds is 5. The molecule has 1 atom stereocenters. The Labute approximate surface area is 113 Å². The van der Waals surface area contributed by atoms with Gasteiger partial charge in [-0.2, -0.15) is 0 Å². The minimum Gasteiger partial charge on any atom is -0.313 e. The Hall–Kier alpha value is -0.120. The van der Waals surface area contributed by atoms with Crippen LogP contribution >= 0.6 is 0 Å².